The molecule has 0 unspecified atom stereocenters. The molecule has 0 aliphatic rings. The molecule has 2 aromatic carbocycles. The quantitative estimate of drug-likeness (QED) is 0.879. The maximum atomic E-state index is 13.2. The average molecular weight is 368 g/mol. The van der Waals surface area contributed by atoms with Crippen molar-refractivity contribution in [3.8, 4) is 11.5 Å². The molecular weight excluding hydrogens is 353 g/mol. The fourth-order valence-electron chi connectivity index (χ4n) is 1.93. The maximum absolute atomic E-state index is 13.2. The van der Waals surface area contributed by atoms with Crippen LogP contribution in [-0.2, 0) is 6.54 Å². The van der Waals surface area contributed by atoms with Gasteiger partial charge in [0.05, 0.1) is 14.2 Å². The summed E-state index contributed by atoms with van der Waals surface area (Å²) in [5.74, 6) is 0.393. The standard InChI is InChI=1S/C16H15BrFNO3/c1-21-14-6-3-10(8-15(14)22-2)16(20)19-9-11-7-12(18)4-5-13(11)17/h3-8H,9H2,1-2H3,(H,19,20). The molecule has 0 spiro atoms. The molecule has 0 atom stereocenters. The summed E-state index contributed by atoms with van der Waals surface area (Å²) in [5, 5.41) is 2.74. The van der Waals surface area contributed by atoms with Gasteiger partial charge in [0.25, 0.3) is 5.91 Å². The Labute approximate surface area is 136 Å². The lowest BCUT2D eigenvalue weighted by Gasteiger charge is -2.10. The zero-order chi connectivity index (χ0) is 16.1. The molecule has 0 fully saturated rings. The Hall–Kier alpha value is -2.08. The Balaban J connectivity index is 2.11. The number of nitrogens with one attached hydrogen (secondary N) is 1. The highest BCUT2D eigenvalue weighted by molar-refractivity contribution is 9.10. The van der Waals surface area contributed by atoms with Crippen LogP contribution in [0.4, 0.5) is 4.39 Å². The molecule has 0 saturated heterocycles. The third kappa shape index (κ3) is 3.76. The maximum Gasteiger partial charge on any atom is 0.251 e. The van der Waals surface area contributed by atoms with E-state index in [0.29, 0.717) is 22.6 Å². The topological polar surface area (TPSA) is 47.6 Å². The summed E-state index contributed by atoms with van der Waals surface area (Å²) in [6.07, 6.45) is 0. The highest BCUT2D eigenvalue weighted by atomic mass is 79.9. The van der Waals surface area contributed by atoms with Crippen molar-refractivity contribution in [2.45, 2.75) is 6.54 Å². The van der Waals surface area contributed by atoms with E-state index in [4.69, 9.17) is 9.47 Å². The van der Waals surface area contributed by atoms with Gasteiger partial charge in [-0.1, -0.05) is 15.9 Å². The SMILES string of the molecule is COc1ccc(C(=O)NCc2cc(F)ccc2Br)cc1OC. The highest BCUT2D eigenvalue weighted by Crippen LogP contribution is 2.27. The van der Waals surface area contributed by atoms with E-state index in [0.717, 1.165) is 4.47 Å². The van der Waals surface area contributed by atoms with Crippen molar-refractivity contribution in [2.75, 3.05) is 14.2 Å². The zero-order valence-electron chi connectivity index (χ0n) is 12.2. The Bertz CT molecular complexity index is 691. The van der Waals surface area contributed by atoms with Gasteiger partial charge in [0.15, 0.2) is 11.5 Å². The summed E-state index contributed by atoms with van der Waals surface area (Å²) in [4.78, 5) is 12.2. The number of halogens is 2. The molecule has 0 aromatic heterocycles. The predicted octanol–water partition coefficient (Wildman–Crippen LogP) is 3.54. The summed E-state index contributed by atoms with van der Waals surface area (Å²) in [6.45, 7) is 0.214. The Morgan fingerprint density at radius 3 is 2.55 bits per heavy atom. The minimum absolute atomic E-state index is 0.214. The molecule has 6 heteroatoms. The third-order valence-corrected chi connectivity index (χ3v) is 3.87. The number of benzene rings is 2. The van der Waals surface area contributed by atoms with E-state index in [1.807, 2.05) is 0 Å². The van der Waals surface area contributed by atoms with Crippen LogP contribution in [0.2, 0.25) is 0 Å². The van der Waals surface area contributed by atoms with Crippen LogP contribution in [0.3, 0.4) is 0 Å². The second-order valence-corrected chi connectivity index (χ2v) is 5.34. The fourth-order valence-corrected chi connectivity index (χ4v) is 2.32. The normalized spacial score (nSPS) is 10.2. The molecule has 22 heavy (non-hydrogen) atoms. The van der Waals surface area contributed by atoms with Gasteiger partial charge in [0.2, 0.25) is 0 Å². The van der Waals surface area contributed by atoms with Gasteiger partial charge < -0.3 is 14.8 Å². The molecule has 116 valence electrons. The number of amides is 1. The summed E-state index contributed by atoms with van der Waals surface area (Å²) >= 11 is 3.32. The van der Waals surface area contributed by atoms with Gasteiger partial charge in [0.1, 0.15) is 5.82 Å². The van der Waals surface area contributed by atoms with E-state index >= 15 is 0 Å². The third-order valence-electron chi connectivity index (χ3n) is 3.09. The Kier molecular flexibility index (Phi) is 5.38. The van der Waals surface area contributed by atoms with Crippen LogP contribution in [0.25, 0.3) is 0 Å². The molecule has 0 saturated carbocycles. The number of carbonyl (C=O) groups excluding carboxylic acids is 1. The molecule has 0 aliphatic heterocycles. The van der Waals surface area contributed by atoms with Crippen molar-refractivity contribution in [1.29, 1.82) is 0 Å². The zero-order valence-corrected chi connectivity index (χ0v) is 13.7. The van der Waals surface area contributed by atoms with Crippen molar-refractivity contribution in [3.63, 3.8) is 0 Å². The molecule has 4 nitrogen and oxygen atoms in total. The highest BCUT2D eigenvalue weighted by Gasteiger charge is 2.11. The number of ether oxygens (including phenoxy) is 2. The van der Waals surface area contributed by atoms with Crippen molar-refractivity contribution in [2.24, 2.45) is 0 Å². The molecule has 2 rings (SSSR count). The second-order valence-electron chi connectivity index (χ2n) is 4.49. The van der Waals surface area contributed by atoms with E-state index in [1.54, 1.807) is 24.3 Å². The summed E-state index contributed by atoms with van der Waals surface area (Å²) in [6, 6.07) is 9.22. The van der Waals surface area contributed by atoms with Crippen LogP contribution < -0.4 is 14.8 Å². The van der Waals surface area contributed by atoms with Gasteiger partial charge in [0, 0.05) is 16.6 Å². The lowest BCUT2D eigenvalue weighted by Crippen LogP contribution is -2.23. The van der Waals surface area contributed by atoms with Gasteiger partial charge in [-0.05, 0) is 42.0 Å². The number of hydrogen-bond acceptors (Lipinski definition) is 3. The fraction of sp³-hybridized carbons (Fsp3) is 0.188. The summed E-state index contributed by atoms with van der Waals surface area (Å²) in [7, 11) is 3.03. The molecule has 0 radical (unpaired) electrons. The molecule has 0 heterocycles. The van der Waals surface area contributed by atoms with E-state index < -0.39 is 0 Å². The molecule has 0 aliphatic carbocycles. The van der Waals surface area contributed by atoms with Crippen LogP contribution in [0.1, 0.15) is 15.9 Å². The number of methoxy groups -OCH3 is 2. The summed E-state index contributed by atoms with van der Waals surface area (Å²) in [5.41, 5.74) is 1.10. The first-order chi connectivity index (χ1) is 10.5. The van der Waals surface area contributed by atoms with Crippen molar-refractivity contribution in [3.05, 3.63) is 57.8 Å². The van der Waals surface area contributed by atoms with Crippen molar-refractivity contribution >= 4 is 21.8 Å². The van der Waals surface area contributed by atoms with Crippen molar-refractivity contribution in [1.82, 2.24) is 5.32 Å². The van der Waals surface area contributed by atoms with E-state index in [2.05, 4.69) is 21.2 Å². The summed E-state index contributed by atoms with van der Waals surface area (Å²) < 4.78 is 24.2. The van der Waals surface area contributed by atoms with Crippen LogP contribution >= 0.6 is 15.9 Å². The monoisotopic (exact) mass is 367 g/mol. The van der Waals surface area contributed by atoms with Gasteiger partial charge >= 0.3 is 0 Å². The van der Waals surface area contributed by atoms with Crippen LogP contribution in [0, 0.1) is 5.82 Å². The van der Waals surface area contributed by atoms with Gasteiger partial charge in [-0.25, -0.2) is 4.39 Å². The minimum Gasteiger partial charge on any atom is -0.493 e. The van der Waals surface area contributed by atoms with E-state index in [9.17, 15) is 9.18 Å². The van der Waals surface area contributed by atoms with Crippen LogP contribution in [-0.4, -0.2) is 20.1 Å². The van der Waals surface area contributed by atoms with Gasteiger partial charge in [-0.3, -0.25) is 4.79 Å². The first-order valence-electron chi connectivity index (χ1n) is 6.49. The smallest absolute Gasteiger partial charge is 0.251 e. The van der Waals surface area contributed by atoms with Crippen LogP contribution in [0.15, 0.2) is 40.9 Å². The van der Waals surface area contributed by atoms with E-state index in [1.165, 1.54) is 26.4 Å². The first-order valence-corrected chi connectivity index (χ1v) is 7.28. The van der Waals surface area contributed by atoms with Crippen molar-refractivity contribution < 1.29 is 18.7 Å². The second kappa shape index (κ2) is 7.26. The Morgan fingerprint density at radius 2 is 1.86 bits per heavy atom. The van der Waals surface area contributed by atoms with Gasteiger partial charge in [-0.15, -0.1) is 0 Å². The number of hydrogen-bond donors (Lipinski definition) is 1. The van der Waals surface area contributed by atoms with Gasteiger partial charge in [-0.2, -0.15) is 0 Å². The molecule has 2 aromatic rings. The molecule has 0 bridgehead atoms. The number of rotatable bonds is 5. The molecule has 1 N–H and O–H groups in total. The lowest BCUT2D eigenvalue weighted by atomic mass is 10.1. The lowest BCUT2D eigenvalue weighted by molar-refractivity contribution is 0.0950. The minimum atomic E-state index is -0.349. The first kappa shape index (κ1) is 16.3. The average Bonchev–Trinajstić information content (AvgIpc) is 2.54. The number of carbonyl (C=O) groups is 1. The van der Waals surface area contributed by atoms with Crippen LogP contribution in [0.5, 0.6) is 11.5 Å². The Morgan fingerprint density at radius 1 is 1.14 bits per heavy atom. The molecular formula is C16H15BrFNO3. The van der Waals surface area contributed by atoms with E-state index in [-0.39, 0.29) is 18.3 Å². The largest absolute Gasteiger partial charge is 0.493 e. The predicted molar refractivity (Wildman–Crippen MR) is 84.8 cm³/mol. The molecule has 1 amide bonds.